The highest BCUT2D eigenvalue weighted by Crippen LogP contribution is 2.27. The zero-order valence-corrected chi connectivity index (χ0v) is 13.5. The molecule has 8 heteroatoms. The van der Waals surface area contributed by atoms with Crippen LogP contribution in [0.5, 0.6) is 0 Å². The number of ether oxygens (including phenoxy) is 1. The van der Waals surface area contributed by atoms with E-state index in [9.17, 15) is 14.0 Å². The average Bonchev–Trinajstić information content (AvgIpc) is 2.46. The SMILES string of the molecule is CC(C)(C)OC(=O)N1CCCC(F)(C(=O)Nc2ncccn2)C1. The molecular formula is C15H21FN4O3. The molecule has 0 aliphatic carbocycles. The van der Waals surface area contributed by atoms with E-state index in [1.54, 1.807) is 26.8 Å². The van der Waals surface area contributed by atoms with Crippen LogP contribution in [0.15, 0.2) is 18.5 Å². The minimum Gasteiger partial charge on any atom is -0.444 e. The van der Waals surface area contributed by atoms with Crippen molar-refractivity contribution >= 4 is 17.9 Å². The summed E-state index contributed by atoms with van der Waals surface area (Å²) in [6, 6.07) is 1.59. The summed E-state index contributed by atoms with van der Waals surface area (Å²) in [4.78, 5) is 33.1. The number of rotatable bonds is 2. The van der Waals surface area contributed by atoms with Crippen molar-refractivity contribution in [3.05, 3.63) is 18.5 Å². The summed E-state index contributed by atoms with van der Waals surface area (Å²) in [5.41, 5.74) is -2.86. The summed E-state index contributed by atoms with van der Waals surface area (Å²) < 4.78 is 20.2. The van der Waals surface area contributed by atoms with Gasteiger partial charge in [-0.3, -0.25) is 10.1 Å². The molecule has 23 heavy (non-hydrogen) atoms. The Bertz CT molecular complexity index is 576. The van der Waals surface area contributed by atoms with E-state index in [1.807, 2.05) is 0 Å². The molecule has 2 rings (SSSR count). The number of hydrogen-bond donors (Lipinski definition) is 1. The largest absolute Gasteiger partial charge is 0.444 e. The number of anilines is 1. The van der Waals surface area contributed by atoms with E-state index in [-0.39, 0.29) is 18.9 Å². The van der Waals surface area contributed by atoms with Crippen LogP contribution < -0.4 is 5.32 Å². The van der Waals surface area contributed by atoms with E-state index >= 15 is 0 Å². The van der Waals surface area contributed by atoms with Crippen LogP contribution in [0.3, 0.4) is 0 Å². The Hall–Kier alpha value is -2.25. The molecule has 0 aromatic carbocycles. The number of alkyl halides is 1. The molecule has 1 aromatic heterocycles. The quantitative estimate of drug-likeness (QED) is 0.901. The number of carbonyl (C=O) groups is 2. The second-order valence-corrected chi connectivity index (χ2v) is 6.50. The minimum absolute atomic E-state index is 0.0314. The molecule has 1 N–H and O–H groups in total. The molecule has 126 valence electrons. The van der Waals surface area contributed by atoms with Crippen molar-refractivity contribution in [2.45, 2.75) is 44.9 Å². The first-order valence-corrected chi connectivity index (χ1v) is 7.45. The third-order valence-corrected chi connectivity index (χ3v) is 3.29. The van der Waals surface area contributed by atoms with Crippen LogP contribution in [0.2, 0.25) is 0 Å². The molecule has 1 unspecified atom stereocenters. The highest BCUT2D eigenvalue weighted by Gasteiger charge is 2.45. The Kier molecular flexibility index (Phi) is 4.82. The number of nitrogens with one attached hydrogen (secondary N) is 1. The van der Waals surface area contributed by atoms with Crippen LogP contribution in [0.25, 0.3) is 0 Å². The predicted octanol–water partition coefficient (Wildman–Crippen LogP) is 2.15. The zero-order chi connectivity index (χ0) is 17.1. The number of piperidine rings is 1. The van der Waals surface area contributed by atoms with Gasteiger partial charge in [-0.25, -0.2) is 19.2 Å². The van der Waals surface area contributed by atoms with Crippen LogP contribution in [-0.2, 0) is 9.53 Å². The first-order chi connectivity index (χ1) is 10.7. The fourth-order valence-corrected chi connectivity index (χ4v) is 2.26. The van der Waals surface area contributed by atoms with Gasteiger partial charge >= 0.3 is 6.09 Å². The number of likely N-dealkylation sites (tertiary alicyclic amines) is 1. The second kappa shape index (κ2) is 6.47. The maximum Gasteiger partial charge on any atom is 0.410 e. The standard InChI is InChI=1S/C15H21FN4O3/c1-14(2,3)23-13(22)20-9-4-6-15(16,10-20)11(21)19-12-17-7-5-8-18-12/h5,7-8H,4,6,9-10H2,1-3H3,(H,17,18,19,21). The Morgan fingerprint density at radius 3 is 2.61 bits per heavy atom. The fourth-order valence-electron chi connectivity index (χ4n) is 2.26. The molecule has 1 aliphatic rings. The molecular weight excluding hydrogens is 303 g/mol. The van der Waals surface area contributed by atoms with Gasteiger partial charge in [-0.1, -0.05) is 0 Å². The van der Waals surface area contributed by atoms with Gasteiger partial charge in [-0.2, -0.15) is 0 Å². The molecule has 2 amide bonds. The molecule has 1 aromatic rings. The lowest BCUT2D eigenvalue weighted by atomic mass is 9.94. The van der Waals surface area contributed by atoms with Crippen molar-refractivity contribution in [2.24, 2.45) is 0 Å². The summed E-state index contributed by atoms with van der Waals surface area (Å²) in [5.74, 6) is -0.819. The highest BCUT2D eigenvalue weighted by atomic mass is 19.1. The monoisotopic (exact) mass is 324 g/mol. The Balaban J connectivity index is 2.03. The topological polar surface area (TPSA) is 84.4 Å². The minimum atomic E-state index is -2.19. The highest BCUT2D eigenvalue weighted by molar-refractivity contribution is 5.96. The average molecular weight is 324 g/mol. The number of carbonyl (C=O) groups excluding carboxylic acids is 2. The van der Waals surface area contributed by atoms with E-state index in [2.05, 4.69) is 15.3 Å². The Labute approximate surface area is 134 Å². The molecule has 7 nitrogen and oxygen atoms in total. The molecule has 1 atom stereocenters. The summed E-state index contributed by atoms with van der Waals surface area (Å²) in [6.07, 6.45) is 2.68. The molecule has 1 aliphatic heterocycles. The number of halogens is 1. The van der Waals surface area contributed by atoms with E-state index in [4.69, 9.17) is 4.74 Å². The van der Waals surface area contributed by atoms with Gasteiger partial charge in [0.05, 0.1) is 6.54 Å². The summed E-state index contributed by atoms with van der Waals surface area (Å²) >= 11 is 0. The molecule has 0 spiro atoms. The summed E-state index contributed by atoms with van der Waals surface area (Å²) in [5, 5.41) is 2.34. The van der Waals surface area contributed by atoms with Gasteiger partial charge in [0.15, 0.2) is 0 Å². The maximum absolute atomic E-state index is 15.0. The second-order valence-electron chi connectivity index (χ2n) is 6.50. The molecule has 0 bridgehead atoms. The van der Waals surface area contributed by atoms with Crippen LogP contribution in [0.1, 0.15) is 33.6 Å². The van der Waals surface area contributed by atoms with E-state index in [0.717, 1.165) is 0 Å². The Morgan fingerprint density at radius 1 is 1.35 bits per heavy atom. The van der Waals surface area contributed by atoms with Crippen molar-refractivity contribution in [3.8, 4) is 0 Å². The van der Waals surface area contributed by atoms with E-state index in [1.165, 1.54) is 17.3 Å². The van der Waals surface area contributed by atoms with Crippen molar-refractivity contribution in [1.82, 2.24) is 14.9 Å². The predicted molar refractivity (Wildman–Crippen MR) is 81.5 cm³/mol. The van der Waals surface area contributed by atoms with Gasteiger partial charge in [0.1, 0.15) is 5.60 Å². The van der Waals surface area contributed by atoms with Crippen LogP contribution in [-0.4, -0.2) is 51.2 Å². The summed E-state index contributed by atoms with van der Waals surface area (Å²) in [6.45, 7) is 5.21. The zero-order valence-electron chi connectivity index (χ0n) is 13.5. The molecule has 0 radical (unpaired) electrons. The van der Waals surface area contributed by atoms with Crippen LogP contribution in [0.4, 0.5) is 15.1 Å². The van der Waals surface area contributed by atoms with Gasteiger partial charge in [0.2, 0.25) is 11.6 Å². The smallest absolute Gasteiger partial charge is 0.410 e. The number of aromatic nitrogens is 2. The number of amides is 2. The first kappa shape index (κ1) is 17.1. The van der Waals surface area contributed by atoms with Gasteiger partial charge < -0.3 is 9.64 Å². The number of hydrogen-bond acceptors (Lipinski definition) is 5. The third kappa shape index (κ3) is 4.61. The van der Waals surface area contributed by atoms with Crippen LogP contribution in [0, 0.1) is 0 Å². The van der Waals surface area contributed by atoms with Crippen molar-refractivity contribution < 1.29 is 18.7 Å². The molecule has 1 saturated heterocycles. The molecule has 0 saturated carbocycles. The van der Waals surface area contributed by atoms with Crippen molar-refractivity contribution in [3.63, 3.8) is 0 Å². The summed E-state index contributed by atoms with van der Waals surface area (Å²) in [7, 11) is 0. The molecule has 2 heterocycles. The van der Waals surface area contributed by atoms with E-state index in [0.29, 0.717) is 13.0 Å². The molecule has 1 fully saturated rings. The fraction of sp³-hybridized carbons (Fsp3) is 0.600. The van der Waals surface area contributed by atoms with Gasteiger partial charge in [-0.15, -0.1) is 0 Å². The van der Waals surface area contributed by atoms with E-state index < -0.39 is 23.3 Å². The first-order valence-electron chi connectivity index (χ1n) is 7.45. The normalized spacial score (nSPS) is 21.7. The lowest BCUT2D eigenvalue weighted by molar-refractivity contribution is -0.130. The maximum atomic E-state index is 15.0. The van der Waals surface area contributed by atoms with Crippen LogP contribution >= 0.6 is 0 Å². The lowest BCUT2D eigenvalue weighted by Gasteiger charge is -2.36. The lowest BCUT2D eigenvalue weighted by Crippen LogP contribution is -2.54. The number of nitrogens with zero attached hydrogens (tertiary/aromatic N) is 3. The Morgan fingerprint density at radius 2 is 2.00 bits per heavy atom. The van der Waals surface area contributed by atoms with Crippen molar-refractivity contribution in [2.75, 3.05) is 18.4 Å². The van der Waals surface area contributed by atoms with Crippen molar-refractivity contribution in [1.29, 1.82) is 0 Å². The van der Waals surface area contributed by atoms with Gasteiger partial charge in [0.25, 0.3) is 5.91 Å². The third-order valence-electron chi connectivity index (χ3n) is 3.29. The van der Waals surface area contributed by atoms with Gasteiger partial charge in [-0.05, 0) is 39.7 Å². The van der Waals surface area contributed by atoms with Gasteiger partial charge in [0, 0.05) is 18.9 Å².